The zero-order valence-electron chi connectivity index (χ0n) is 16.3. The van der Waals surface area contributed by atoms with Gasteiger partial charge in [-0.15, -0.1) is 11.3 Å². The molecule has 0 aromatic carbocycles. The maximum Gasteiger partial charge on any atom is 0.340 e. The summed E-state index contributed by atoms with van der Waals surface area (Å²) in [5.74, 6) is -1.60. The molecule has 0 radical (unpaired) electrons. The maximum absolute atomic E-state index is 12.4. The number of rotatable bonds is 6. The van der Waals surface area contributed by atoms with E-state index in [1.54, 1.807) is 18.7 Å². The van der Waals surface area contributed by atoms with Crippen molar-refractivity contribution in [2.75, 3.05) is 24.6 Å². The molecule has 3 rings (SSSR count). The zero-order chi connectivity index (χ0) is 22.9. The first-order valence-corrected chi connectivity index (χ1v) is 12.0. The molecule has 31 heavy (non-hydrogen) atoms. The largest absolute Gasteiger partial charge is 0.462 e. The number of thiophene rings is 1. The van der Waals surface area contributed by atoms with Crippen molar-refractivity contribution in [3.63, 3.8) is 0 Å². The highest BCUT2D eigenvalue weighted by atomic mass is 35.5. The number of ether oxygens (including phenoxy) is 1. The smallest absolute Gasteiger partial charge is 0.340 e. The lowest BCUT2D eigenvalue weighted by molar-refractivity contribution is -0.123. The van der Waals surface area contributed by atoms with Crippen molar-refractivity contribution in [2.24, 2.45) is 5.92 Å². The van der Waals surface area contributed by atoms with Crippen LogP contribution in [0.15, 0.2) is 17.0 Å². The first-order valence-electron chi connectivity index (χ1n) is 8.92. The van der Waals surface area contributed by atoms with E-state index in [2.05, 4.69) is 4.98 Å². The molecule has 0 atom stereocenters. The molecule has 0 spiro atoms. The van der Waals surface area contributed by atoms with E-state index < -0.39 is 27.8 Å². The van der Waals surface area contributed by atoms with E-state index in [0.29, 0.717) is 11.5 Å². The molecule has 2 aromatic rings. The van der Waals surface area contributed by atoms with Crippen molar-refractivity contribution in [3.05, 3.63) is 37.6 Å². The molecule has 2 aromatic heterocycles. The minimum absolute atomic E-state index is 0.0411. The number of aryl methyl sites for hydroxylation is 1. The summed E-state index contributed by atoms with van der Waals surface area (Å²) < 4.78 is 31.9. The number of nitriles is 1. The Morgan fingerprint density at radius 2 is 2.06 bits per heavy atom. The van der Waals surface area contributed by atoms with Gasteiger partial charge in [-0.05, 0) is 26.0 Å². The van der Waals surface area contributed by atoms with Crippen LogP contribution in [-0.4, -0.2) is 45.0 Å². The normalized spacial score (nSPS) is 14.0. The van der Waals surface area contributed by atoms with E-state index in [1.165, 1.54) is 12.1 Å². The Morgan fingerprint density at radius 1 is 1.39 bits per heavy atom. The molecule has 1 N–H and O–H groups in total. The number of carbonyl (C=O) groups is 2. The van der Waals surface area contributed by atoms with Gasteiger partial charge in [0.05, 0.1) is 33.7 Å². The molecular weight excluding hydrogens is 487 g/mol. The Kier molecular flexibility index (Phi) is 6.76. The highest BCUT2D eigenvalue weighted by Crippen LogP contribution is 2.34. The van der Waals surface area contributed by atoms with Crippen LogP contribution < -0.4 is 9.62 Å². The van der Waals surface area contributed by atoms with Gasteiger partial charge < -0.3 is 9.64 Å². The number of amides is 1. The van der Waals surface area contributed by atoms with E-state index in [4.69, 9.17) is 27.9 Å². The van der Waals surface area contributed by atoms with Crippen LogP contribution in [0.3, 0.4) is 0 Å². The van der Waals surface area contributed by atoms with Gasteiger partial charge in [-0.1, -0.05) is 23.2 Å². The molecule has 9 nitrogen and oxygen atoms in total. The SMILES string of the molecule is CCOC(=O)c1cc(C#N)c(N2CC(C(=O)NS(=O)(=O)c3cc(Cl)sc3Cl)C2)nc1C. The van der Waals surface area contributed by atoms with E-state index in [1.807, 2.05) is 10.8 Å². The Morgan fingerprint density at radius 3 is 2.61 bits per heavy atom. The highest BCUT2D eigenvalue weighted by Gasteiger charge is 2.37. The molecular formula is C18H16Cl2N4O5S2. The topological polar surface area (TPSA) is 129 Å². The van der Waals surface area contributed by atoms with E-state index in [9.17, 15) is 23.3 Å². The summed E-state index contributed by atoms with van der Waals surface area (Å²) in [7, 11) is -4.16. The third-order valence-corrected chi connectivity index (χ3v) is 7.61. The number of halogens is 2. The van der Waals surface area contributed by atoms with Crippen LogP contribution in [0.2, 0.25) is 8.67 Å². The molecule has 3 heterocycles. The van der Waals surface area contributed by atoms with Crippen molar-refractivity contribution >= 4 is 62.3 Å². The van der Waals surface area contributed by atoms with Crippen LogP contribution in [0.4, 0.5) is 5.82 Å². The van der Waals surface area contributed by atoms with Gasteiger partial charge in [0.15, 0.2) is 0 Å². The summed E-state index contributed by atoms with van der Waals surface area (Å²) in [6.45, 7) is 3.78. The lowest BCUT2D eigenvalue weighted by atomic mass is 9.98. The lowest BCUT2D eigenvalue weighted by Crippen LogP contribution is -2.55. The van der Waals surface area contributed by atoms with E-state index >= 15 is 0 Å². The molecule has 0 unspecified atom stereocenters. The summed E-state index contributed by atoms with van der Waals surface area (Å²) in [4.78, 5) is 30.1. The van der Waals surface area contributed by atoms with Gasteiger partial charge in [-0.2, -0.15) is 5.26 Å². The maximum atomic E-state index is 12.4. The van der Waals surface area contributed by atoms with E-state index in [-0.39, 0.29) is 44.4 Å². The van der Waals surface area contributed by atoms with Crippen molar-refractivity contribution in [1.29, 1.82) is 5.26 Å². The predicted molar refractivity (Wildman–Crippen MR) is 115 cm³/mol. The molecule has 164 valence electrons. The van der Waals surface area contributed by atoms with Crippen LogP contribution in [0, 0.1) is 24.2 Å². The Labute approximate surface area is 192 Å². The van der Waals surface area contributed by atoms with E-state index in [0.717, 1.165) is 11.3 Å². The Bertz CT molecular complexity index is 1200. The number of aromatic nitrogens is 1. The number of carbonyl (C=O) groups excluding carboxylic acids is 2. The van der Waals surface area contributed by atoms with Crippen LogP contribution in [0.25, 0.3) is 0 Å². The average Bonchev–Trinajstić information content (AvgIpc) is 2.99. The molecule has 1 aliphatic heterocycles. The summed E-state index contributed by atoms with van der Waals surface area (Å²) in [6.07, 6.45) is 0. The molecule has 0 bridgehead atoms. The fourth-order valence-corrected chi connectivity index (χ4v) is 6.12. The number of hydrogen-bond acceptors (Lipinski definition) is 9. The zero-order valence-corrected chi connectivity index (χ0v) is 19.5. The Balaban J connectivity index is 1.71. The molecule has 1 aliphatic rings. The second kappa shape index (κ2) is 9.00. The van der Waals surface area contributed by atoms with Crippen LogP contribution in [0.1, 0.15) is 28.5 Å². The van der Waals surface area contributed by atoms with Crippen LogP contribution in [-0.2, 0) is 19.6 Å². The first kappa shape index (κ1) is 23.3. The van der Waals surface area contributed by atoms with Crippen molar-refractivity contribution < 1.29 is 22.7 Å². The highest BCUT2D eigenvalue weighted by molar-refractivity contribution is 7.90. The second-order valence-electron chi connectivity index (χ2n) is 6.58. The number of nitrogens with zero attached hydrogens (tertiary/aromatic N) is 3. The Hall–Kier alpha value is -2.39. The molecule has 13 heteroatoms. The molecule has 0 aliphatic carbocycles. The summed E-state index contributed by atoms with van der Waals surface area (Å²) >= 11 is 12.5. The number of esters is 1. The van der Waals surface area contributed by atoms with Crippen LogP contribution >= 0.6 is 34.5 Å². The minimum Gasteiger partial charge on any atom is -0.462 e. The van der Waals surface area contributed by atoms with Gasteiger partial charge in [0.25, 0.3) is 10.0 Å². The number of anilines is 1. The standard InChI is InChI=1S/C18H16Cl2N4O5S2/c1-3-29-18(26)12-4-10(6-21)16(22-9(12)2)24-7-11(8-24)17(25)23-31(27,28)13-5-14(19)30-15(13)20/h4-5,11H,3,7-8H2,1-2H3,(H,23,25). The molecule has 1 amide bonds. The minimum atomic E-state index is -4.16. The van der Waals surface area contributed by atoms with Gasteiger partial charge in [-0.25, -0.2) is 22.9 Å². The van der Waals surface area contributed by atoms with Gasteiger partial charge >= 0.3 is 5.97 Å². The average molecular weight is 503 g/mol. The summed E-state index contributed by atoms with van der Waals surface area (Å²) in [5, 5.41) is 9.45. The third kappa shape index (κ3) is 4.77. The quantitative estimate of drug-likeness (QED) is 0.596. The predicted octanol–water partition coefficient (Wildman–Crippen LogP) is 2.75. The first-order chi connectivity index (χ1) is 14.6. The second-order valence-corrected chi connectivity index (χ2v) is 10.5. The number of hydrogen-bond donors (Lipinski definition) is 1. The van der Waals surface area contributed by atoms with Crippen LogP contribution in [0.5, 0.6) is 0 Å². The monoisotopic (exact) mass is 502 g/mol. The van der Waals surface area contributed by atoms with Crippen molar-refractivity contribution in [2.45, 2.75) is 18.7 Å². The number of pyridine rings is 1. The molecule has 1 saturated heterocycles. The lowest BCUT2D eigenvalue weighted by Gasteiger charge is -2.39. The van der Waals surface area contributed by atoms with Gasteiger partial charge in [0.1, 0.15) is 21.1 Å². The summed E-state index contributed by atoms with van der Waals surface area (Å²) in [6, 6.07) is 4.56. The van der Waals surface area contributed by atoms with Crippen molar-refractivity contribution in [3.8, 4) is 6.07 Å². The van der Waals surface area contributed by atoms with Gasteiger partial charge in [0.2, 0.25) is 5.91 Å². The molecule has 0 saturated carbocycles. The fraction of sp³-hybridized carbons (Fsp3) is 0.333. The molecule has 1 fully saturated rings. The number of nitrogens with one attached hydrogen (secondary N) is 1. The fourth-order valence-electron chi connectivity index (χ4n) is 2.93. The van der Waals surface area contributed by atoms with Crippen molar-refractivity contribution in [1.82, 2.24) is 9.71 Å². The summed E-state index contributed by atoms with van der Waals surface area (Å²) in [5.41, 5.74) is 0.723. The number of sulfonamides is 1. The third-order valence-electron chi connectivity index (χ3n) is 4.51. The van der Waals surface area contributed by atoms with Gasteiger partial charge in [0, 0.05) is 13.1 Å². The van der Waals surface area contributed by atoms with Gasteiger partial charge in [-0.3, -0.25) is 4.79 Å².